The molecule has 1 aromatic heterocycles. The summed E-state index contributed by atoms with van der Waals surface area (Å²) in [5.41, 5.74) is 0.198. The second-order valence-electron chi connectivity index (χ2n) is 5.58. The zero-order valence-electron chi connectivity index (χ0n) is 11.1. The molecule has 0 bridgehead atoms. The van der Waals surface area contributed by atoms with Gasteiger partial charge in [-0.25, -0.2) is 9.59 Å². The molecular formula is C12H17N3O4. The van der Waals surface area contributed by atoms with E-state index in [1.165, 1.54) is 6.20 Å². The van der Waals surface area contributed by atoms with Crippen LogP contribution < -0.4 is 0 Å². The number of ether oxygens (including phenoxy) is 1. The molecule has 0 aromatic carbocycles. The fraction of sp³-hybridized carbons (Fsp3) is 0.583. The van der Waals surface area contributed by atoms with Crippen molar-refractivity contribution in [3.8, 4) is 0 Å². The summed E-state index contributed by atoms with van der Waals surface area (Å²) in [5.74, 6) is -1.04. The summed E-state index contributed by atoms with van der Waals surface area (Å²) in [7, 11) is 0. The Labute approximate surface area is 110 Å². The molecule has 1 aliphatic heterocycles. The monoisotopic (exact) mass is 267 g/mol. The van der Waals surface area contributed by atoms with Crippen LogP contribution in [0.2, 0.25) is 0 Å². The van der Waals surface area contributed by atoms with Crippen LogP contribution in [0, 0.1) is 0 Å². The number of amides is 1. The molecule has 1 aliphatic rings. The molecule has 0 unspecified atom stereocenters. The van der Waals surface area contributed by atoms with Gasteiger partial charge in [0, 0.05) is 19.0 Å². The third kappa shape index (κ3) is 2.86. The zero-order valence-corrected chi connectivity index (χ0v) is 11.1. The average Bonchev–Trinajstić information content (AvgIpc) is 2.60. The molecule has 0 saturated carbocycles. The third-order valence-corrected chi connectivity index (χ3v) is 2.84. The van der Waals surface area contributed by atoms with Crippen molar-refractivity contribution in [2.75, 3.05) is 13.1 Å². The van der Waals surface area contributed by atoms with Crippen molar-refractivity contribution < 1.29 is 19.4 Å². The quantitative estimate of drug-likeness (QED) is 0.845. The second kappa shape index (κ2) is 4.56. The molecule has 1 fully saturated rings. The highest BCUT2D eigenvalue weighted by Crippen LogP contribution is 2.29. The van der Waals surface area contributed by atoms with E-state index in [4.69, 9.17) is 9.84 Å². The number of nitrogens with one attached hydrogen (secondary N) is 1. The van der Waals surface area contributed by atoms with Gasteiger partial charge in [-0.1, -0.05) is 0 Å². The zero-order chi connectivity index (χ0) is 14.2. The van der Waals surface area contributed by atoms with Gasteiger partial charge in [0.1, 0.15) is 11.2 Å². The molecule has 19 heavy (non-hydrogen) atoms. The van der Waals surface area contributed by atoms with Crippen LogP contribution >= 0.6 is 0 Å². The van der Waals surface area contributed by atoms with E-state index in [0.29, 0.717) is 18.8 Å². The Bertz CT molecular complexity index is 497. The summed E-state index contributed by atoms with van der Waals surface area (Å²) in [5, 5.41) is 15.4. The van der Waals surface area contributed by atoms with E-state index in [0.717, 1.165) is 0 Å². The lowest BCUT2D eigenvalue weighted by atomic mass is 9.94. The predicted octanol–water partition coefficient (Wildman–Crippen LogP) is 1.44. The maximum atomic E-state index is 11.7. The van der Waals surface area contributed by atoms with Crippen molar-refractivity contribution in [3.63, 3.8) is 0 Å². The van der Waals surface area contributed by atoms with Gasteiger partial charge in [-0.3, -0.25) is 5.10 Å². The number of likely N-dealkylation sites (tertiary alicyclic amines) is 1. The maximum Gasteiger partial charge on any atom is 0.410 e. The molecule has 104 valence electrons. The van der Waals surface area contributed by atoms with Gasteiger partial charge in [-0.2, -0.15) is 5.10 Å². The molecule has 7 nitrogen and oxygen atoms in total. The van der Waals surface area contributed by atoms with Crippen molar-refractivity contribution in [2.24, 2.45) is 0 Å². The smallest absolute Gasteiger partial charge is 0.410 e. The van der Waals surface area contributed by atoms with Gasteiger partial charge in [0.2, 0.25) is 0 Å². The largest absolute Gasteiger partial charge is 0.478 e. The van der Waals surface area contributed by atoms with Crippen LogP contribution in [-0.2, 0) is 4.74 Å². The molecule has 0 aliphatic carbocycles. The lowest BCUT2D eigenvalue weighted by Crippen LogP contribution is -2.50. The highest BCUT2D eigenvalue weighted by molar-refractivity contribution is 5.89. The number of hydrogen-bond donors (Lipinski definition) is 2. The van der Waals surface area contributed by atoms with Crippen molar-refractivity contribution in [2.45, 2.75) is 32.3 Å². The van der Waals surface area contributed by atoms with Gasteiger partial charge in [0.25, 0.3) is 0 Å². The lowest BCUT2D eigenvalue weighted by molar-refractivity contribution is 0.00782. The molecule has 0 radical (unpaired) electrons. The normalized spacial score (nSPS) is 16.1. The number of hydrogen-bond acceptors (Lipinski definition) is 4. The first-order valence-electron chi connectivity index (χ1n) is 6.02. The topological polar surface area (TPSA) is 95.5 Å². The standard InChI is InChI=1S/C12H17N3O4/c1-12(2,3)19-11(18)15-5-7(6-15)9-8(10(16)17)4-13-14-9/h4,7H,5-6H2,1-3H3,(H,13,14)(H,16,17). The first-order chi connectivity index (χ1) is 8.78. The van der Waals surface area contributed by atoms with Gasteiger partial charge in [0.05, 0.1) is 11.9 Å². The average molecular weight is 267 g/mol. The number of nitrogens with zero attached hydrogens (tertiary/aromatic N) is 2. The lowest BCUT2D eigenvalue weighted by Gasteiger charge is -2.39. The summed E-state index contributed by atoms with van der Waals surface area (Å²) in [6.07, 6.45) is 0.911. The number of carboxylic acids is 1. The third-order valence-electron chi connectivity index (χ3n) is 2.84. The van der Waals surface area contributed by atoms with Crippen LogP contribution in [0.25, 0.3) is 0 Å². The van der Waals surface area contributed by atoms with Crippen molar-refractivity contribution >= 4 is 12.1 Å². The number of carboxylic acid groups (broad SMARTS) is 1. The Hall–Kier alpha value is -2.05. The van der Waals surface area contributed by atoms with Gasteiger partial charge in [-0.15, -0.1) is 0 Å². The van der Waals surface area contributed by atoms with Gasteiger partial charge >= 0.3 is 12.1 Å². The van der Waals surface area contributed by atoms with Crippen molar-refractivity contribution in [3.05, 3.63) is 17.5 Å². The summed E-state index contributed by atoms with van der Waals surface area (Å²) in [6.45, 7) is 6.30. The second-order valence-corrected chi connectivity index (χ2v) is 5.58. The van der Waals surface area contributed by atoms with Crippen LogP contribution in [0.3, 0.4) is 0 Å². The van der Waals surface area contributed by atoms with Crippen LogP contribution in [-0.4, -0.2) is 51.0 Å². The number of aromatic amines is 1. The van der Waals surface area contributed by atoms with E-state index in [1.54, 1.807) is 25.7 Å². The van der Waals surface area contributed by atoms with E-state index in [2.05, 4.69) is 10.2 Å². The fourth-order valence-electron chi connectivity index (χ4n) is 1.91. The van der Waals surface area contributed by atoms with Crippen LogP contribution in [0.4, 0.5) is 4.79 Å². The SMILES string of the molecule is CC(C)(C)OC(=O)N1CC(c2[nH]ncc2C(=O)O)C1. The first kappa shape index (κ1) is 13.4. The van der Waals surface area contributed by atoms with Gasteiger partial charge in [-0.05, 0) is 20.8 Å². The van der Waals surface area contributed by atoms with Crippen LogP contribution in [0.1, 0.15) is 42.7 Å². The molecule has 2 N–H and O–H groups in total. The minimum atomic E-state index is -1.01. The molecule has 0 spiro atoms. The number of rotatable bonds is 2. The Kier molecular flexibility index (Phi) is 3.21. The number of carbonyl (C=O) groups is 2. The molecule has 1 aromatic rings. The molecule has 2 heterocycles. The minimum Gasteiger partial charge on any atom is -0.478 e. The van der Waals surface area contributed by atoms with E-state index in [-0.39, 0.29) is 17.6 Å². The predicted molar refractivity (Wildman–Crippen MR) is 66.1 cm³/mol. The van der Waals surface area contributed by atoms with E-state index in [9.17, 15) is 9.59 Å². The minimum absolute atomic E-state index is 0.0267. The molecular weight excluding hydrogens is 250 g/mol. The van der Waals surface area contributed by atoms with Gasteiger partial charge < -0.3 is 14.7 Å². The van der Waals surface area contributed by atoms with Gasteiger partial charge in [0.15, 0.2) is 0 Å². The summed E-state index contributed by atoms with van der Waals surface area (Å²) in [6, 6.07) is 0. The number of carbonyl (C=O) groups excluding carboxylic acids is 1. The van der Waals surface area contributed by atoms with E-state index >= 15 is 0 Å². The summed E-state index contributed by atoms with van der Waals surface area (Å²) in [4.78, 5) is 24.2. The van der Waals surface area contributed by atoms with Crippen molar-refractivity contribution in [1.29, 1.82) is 0 Å². The Morgan fingerprint density at radius 3 is 2.63 bits per heavy atom. The Balaban J connectivity index is 1.94. The molecule has 1 amide bonds. The maximum absolute atomic E-state index is 11.7. The van der Waals surface area contributed by atoms with Crippen molar-refractivity contribution in [1.82, 2.24) is 15.1 Å². The van der Waals surface area contributed by atoms with E-state index in [1.807, 2.05) is 0 Å². The Morgan fingerprint density at radius 2 is 2.11 bits per heavy atom. The summed E-state index contributed by atoms with van der Waals surface area (Å²) >= 11 is 0. The van der Waals surface area contributed by atoms with E-state index < -0.39 is 11.6 Å². The highest BCUT2D eigenvalue weighted by Gasteiger charge is 2.37. The first-order valence-corrected chi connectivity index (χ1v) is 6.02. The Morgan fingerprint density at radius 1 is 1.47 bits per heavy atom. The molecule has 1 saturated heterocycles. The molecule has 7 heteroatoms. The molecule has 2 rings (SSSR count). The van der Waals surface area contributed by atoms with Crippen LogP contribution in [0.5, 0.6) is 0 Å². The number of aromatic nitrogens is 2. The summed E-state index contributed by atoms with van der Waals surface area (Å²) < 4.78 is 5.23. The fourth-order valence-corrected chi connectivity index (χ4v) is 1.91. The highest BCUT2D eigenvalue weighted by atomic mass is 16.6. The number of aromatic carboxylic acids is 1. The number of H-pyrrole nitrogens is 1. The van der Waals surface area contributed by atoms with Crippen LogP contribution in [0.15, 0.2) is 6.20 Å². The molecule has 0 atom stereocenters.